The first-order valence-corrected chi connectivity index (χ1v) is 6.79. The van der Waals surface area contributed by atoms with E-state index in [1.807, 2.05) is 0 Å². The minimum atomic E-state index is 0.226. The summed E-state index contributed by atoms with van der Waals surface area (Å²) < 4.78 is 0. The molecule has 1 aromatic rings. The lowest BCUT2D eigenvalue weighted by Gasteiger charge is -2.17. The van der Waals surface area contributed by atoms with Gasteiger partial charge in [0, 0.05) is 12.2 Å². The normalized spacial score (nSPS) is 10.3. The quantitative estimate of drug-likeness (QED) is 0.535. The van der Waals surface area contributed by atoms with Crippen LogP contribution in [0.3, 0.4) is 0 Å². The van der Waals surface area contributed by atoms with Crippen LogP contribution in [0.15, 0.2) is 24.3 Å². The fourth-order valence-corrected chi connectivity index (χ4v) is 1.95. The predicted octanol–water partition coefficient (Wildman–Crippen LogP) is 3.72. The van der Waals surface area contributed by atoms with E-state index >= 15 is 0 Å². The Hall–Kier alpha value is -1.51. The first-order chi connectivity index (χ1) is 8.77. The van der Waals surface area contributed by atoms with Crippen LogP contribution < -0.4 is 4.90 Å². The van der Waals surface area contributed by atoms with Crippen LogP contribution in [0.25, 0.3) is 0 Å². The molecule has 0 aliphatic heterocycles. The molecular formula is C15H23NO2. The highest BCUT2D eigenvalue weighted by molar-refractivity contribution is 5.75. The number of nitrogens with zero attached hydrogens (tertiary/aromatic N) is 1. The molecule has 1 rings (SSSR count). The molecule has 18 heavy (non-hydrogen) atoms. The molecule has 0 bridgehead atoms. The highest BCUT2D eigenvalue weighted by Gasteiger charge is 2.04. The van der Waals surface area contributed by atoms with Crippen molar-refractivity contribution in [1.29, 1.82) is 0 Å². The van der Waals surface area contributed by atoms with Gasteiger partial charge in [-0.05, 0) is 30.7 Å². The third-order valence-electron chi connectivity index (χ3n) is 3.06. The summed E-state index contributed by atoms with van der Waals surface area (Å²) in [6.45, 7) is 2.96. The first kappa shape index (κ1) is 14.6. The molecule has 3 heteroatoms. The van der Waals surface area contributed by atoms with Gasteiger partial charge in [0.25, 0.3) is 0 Å². The second-order valence-electron chi connectivity index (χ2n) is 4.58. The van der Waals surface area contributed by atoms with E-state index in [1.54, 1.807) is 29.2 Å². The zero-order chi connectivity index (χ0) is 13.2. The zero-order valence-corrected chi connectivity index (χ0v) is 11.1. The van der Waals surface area contributed by atoms with Gasteiger partial charge < -0.3 is 10.0 Å². The Labute approximate surface area is 109 Å². The molecule has 1 N–H and O–H groups in total. The number of hydrogen-bond acceptors (Lipinski definition) is 2. The number of unbranched alkanes of at least 4 members (excludes halogenated alkanes) is 5. The molecule has 0 fully saturated rings. The topological polar surface area (TPSA) is 40.5 Å². The molecule has 0 saturated carbocycles. The van der Waals surface area contributed by atoms with Crippen LogP contribution in [0, 0.1) is 0 Å². The van der Waals surface area contributed by atoms with E-state index < -0.39 is 0 Å². The number of benzene rings is 1. The Bertz CT molecular complexity index is 335. The lowest BCUT2D eigenvalue weighted by atomic mass is 10.1. The van der Waals surface area contributed by atoms with Gasteiger partial charge in [-0.3, -0.25) is 4.79 Å². The van der Waals surface area contributed by atoms with Gasteiger partial charge in [-0.2, -0.15) is 0 Å². The van der Waals surface area contributed by atoms with Crippen LogP contribution in [0.1, 0.15) is 45.4 Å². The van der Waals surface area contributed by atoms with E-state index in [-0.39, 0.29) is 5.75 Å². The Kier molecular flexibility index (Phi) is 6.92. The maximum absolute atomic E-state index is 11.0. The van der Waals surface area contributed by atoms with Crippen LogP contribution in [0.5, 0.6) is 5.75 Å². The number of phenolic OH excluding ortho intramolecular Hbond substituents is 1. The number of rotatable bonds is 9. The van der Waals surface area contributed by atoms with Crippen LogP contribution in [-0.2, 0) is 4.79 Å². The Morgan fingerprint density at radius 1 is 1.06 bits per heavy atom. The van der Waals surface area contributed by atoms with Gasteiger partial charge >= 0.3 is 0 Å². The van der Waals surface area contributed by atoms with E-state index in [0.29, 0.717) is 0 Å². The maximum atomic E-state index is 11.0. The molecule has 0 saturated heterocycles. The number of carbonyl (C=O) groups excluding carboxylic acids is 1. The summed E-state index contributed by atoms with van der Waals surface area (Å²) in [6, 6.07) is 6.74. The summed E-state index contributed by atoms with van der Waals surface area (Å²) in [5.74, 6) is 0.226. The zero-order valence-electron chi connectivity index (χ0n) is 11.1. The minimum absolute atomic E-state index is 0.226. The van der Waals surface area contributed by atoms with E-state index in [1.165, 1.54) is 32.1 Å². The summed E-state index contributed by atoms with van der Waals surface area (Å²) in [7, 11) is 0. The molecule has 0 radical (unpaired) electrons. The molecule has 0 aromatic heterocycles. The predicted molar refractivity (Wildman–Crippen MR) is 74.9 cm³/mol. The molecular weight excluding hydrogens is 226 g/mol. The average molecular weight is 249 g/mol. The molecule has 0 atom stereocenters. The minimum Gasteiger partial charge on any atom is -0.508 e. The average Bonchev–Trinajstić information content (AvgIpc) is 2.39. The number of carbonyl (C=O) groups is 1. The smallest absolute Gasteiger partial charge is 0.214 e. The third kappa shape index (κ3) is 5.21. The van der Waals surface area contributed by atoms with Crippen molar-refractivity contribution in [3.05, 3.63) is 24.3 Å². The van der Waals surface area contributed by atoms with Crippen LogP contribution in [-0.4, -0.2) is 18.1 Å². The summed E-state index contributed by atoms with van der Waals surface area (Å²) >= 11 is 0. The second-order valence-corrected chi connectivity index (χ2v) is 4.58. The maximum Gasteiger partial charge on any atom is 0.214 e. The fourth-order valence-electron chi connectivity index (χ4n) is 1.95. The lowest BCUT2D eigenvalue weighted by molar-refractivity contribution is -0.107. The van der Waals surface area contributed by atoms with Crippen molar-refractivity contribution < 1.29 is 9.90 Å². The fraction of sp³-hybridized carbons (Fsp3) is 0.533. The first-order valence-electron chi connectivity index (χ1n) is 6.79. The van der Waals surface area contributed by atoms with Gasteiger partial charge in [-0.1, -0.05) is 39.0 Å². The van der Waals surface area contributed by atoms with Crippen molar-refractivity contribution in [3.63, 3.8) is 0 Å². The van der Waals surface area contributed by atoms with Crippen LogP contribution >= 0.6 is 0 Å². The van der Waals surface area contributed by atoms with Crippen molar-refractivity contribution in [1.82, 2.24) is 0 Å². The van der Waals surface area contributed by atoms with Crippen molar-refractivity contribution in [2.75, 3.05) is 11.4 Å². The van der Waals surface area contributed by atoms with Crippen molar-refractivity contribution in [3.8, 4) is 5.75 Å². The van der Waals surface area contributed by atoms with E-state index in [9.17, 15) is 9.90 Å². The Morgan fingerprint density at radius 2 is 1.67 bits per heavy atom. The lowest BCUT2D eigenvalue weighted by Crippen LogP contribution is -2.22. The van der Waals surface area contributed by atoms with Crippen LogP contribution in [0.2, 0.25) is 0 Å². The Morgan fingerprint density at radius 3 is 2.28 bits per heavy atom. The highest BCUT2D eigenvalue weighted by Crippen LogP contribution is 2.18. The molecule has 0 aliphatic rings. The molecule has 3 nitrogen and oxygen atoms in total. The molecule has 0 aliphatic carbocycles. The molecule has 0 spiro atoms. The number of hydrogen-bond donors (Lipinski definition) is 1. The monoisotopic (exact) mass is 249 g/mol. The molecule has 0 unspecified atom stereocenters. The van der Waals surface area contributed by atoms with E-state index in [0.717, 1.165) is 25.1 Å². The van der Waals surface area contributed by atoms with Gasteiger partial charge in [0.2, 0.25) is 6.41 Å². The number of phenols is 1. The van der Waals surface area contributed by atoms with Gasteiger partial charge in [-0.25, -0.2) is 0 Å². The molecule has 100 valence electrons. The summed E-state index contributed by atoms with van der Waals surface area (Å²) in [6.07, 6.45) is 8.15. The largest absolute Gasteiger partial charge is 0.508 e. The summed E-state index contributed by atoms with van der Waals surface area (Å²) in [5, 5.41) is 9.20. The van der Waals surface area contributed by atoms with E-state index in [4.69, 9.17) is 0 Å². The standard InChI is InChI=1S/C15H23NO2/c1-2-3-4-5-6-7-12-16(13-17)14-8-10-15(18)11-9-14/h8-11,13,18H,2-7,12H2,1H3. The van der Waals surface area contributed by atoms with Crippen molar-refractivity contribution in [2.45, 2.75) is 45.4 Å². The number of amides is 1. The highest BCUT2D eigenvalue weighted by atomic mass is 16.3. The molecule has 1 aromatic carbocycles. The molecule has 0 heterocycles. The summed E-state index contributed by atoms with van der Waals surface area (Å²) in [5.41, 5.74) is 0.844. The SMILES string of the molecule is CCCCCCCCN(C=O)c1ccc(O)cc1. The van der Waals surface area contributed by atoms with Crippen molar-refractivity contribution >= 4 is 12.1 Å². The number of anilines is 1. The van der Waals surface area contributed by atoms with Crippen LogP contribution in [0.4, 0.5) is 5.69 Å². The molecule has 1 amide bonds. The van der Waals surface area contributed by atoms with Gasteiger partial charge in [0.1, 0.15) is 5.75 Å². The van der Waals surface area contributed by atoms with Crippen molar-refractivity contribution in [2.24, 2.45) is 0 Å². The van der Waals surface area contributed by atoms with Gasteiger partial charge in [0.15, 0.2) is 0 Å². The summed E-state index contributed by atoms with van der Waals surface area (Å²) in [4.78, 5) is 12.7. The Balaban J connectivity index is 2.29. The number of aromatic hydroxyl groups is 1. The van der Waals surface area contributed by atoms with Gasteiger partial charge in [0.05, 0.1) is 0 Å². The third-order valence-corrected chi connectivity index (χ3v) is 3.06. The second kappa shape index (κ2) is 8.56. The van der Waals surface area contributed by atoms with Gasteiger partial charge in [-0.15, -0.1) is 0 Å². The van der Waals surface area contributed by atoms with E-state index in [2.05, 4.69) is 6.92 Å².